The second-order valence-electron chi connectivity index (χ2n) is 4.89. The van der Waals surface area contributed by atoms with E-state index in [9.17, 15) is 9.59 Å². The summed E-state index contributed by atoms with van der Waals surface area (Å²) in [6.45, 7) is 3.86. The van der Waals surface area contributed by atoms with E-state index < -0.39 is 12.0 Å². The average molecular weight is 375 g/mol. The highest BCUT2D eigenvalue weighted by Crippen LogP contribution is 2.09. The molecule has 0 aromatic heterocycles. The Kier molecular flexibility index (Phi) is 6.27. The van der Waals surface area contributed by atoms with Crippen molar-refractivity contribution in [3.05, 3.63) is 33.4 Å². The number of amides is 1. The Bertz CT molecular complexity index is 460. The summed E-state index contributed by atoms with van der Waals surface area (Å²) in [7, 11) is 0. The topological polar surface area (TPSA) is 66.4 Å². The number of benzene rings is 1. The molecular weight excluding hydrogens is 357 g/mol. The maximum absolute atomic E-state index is 11.8. The molecule has 1 aromatic rings. The maximum atomic E-state index is 11.8. The van der Waals surface area contributed by atoms with Crippen LogP contribution in [0.15, 0.2) is 24.3 Å². The van der Waals surface area contributed by atoms with Crippen LogP contribution < -0.4 is 5.32 Å². The van der Waals surface area contributed by atoms with Gasteiger partial charge in [0.15, 0.2) is 0 Å². The third kappa shape index (κ3) is 6.04. The molecular formula is C14H18INO3. The lowest BCUT2D eigenvalue weighted by molar-refractivity contribution is -0.142. The number of carboxylic acid groups (broad SMARTS) is 1. The summed E-state index contributed by atoms with van der Waals surface area (Å²) in [5.41, 5.74) is 0.887. The minimum absolute atomic E-state index is 0.207. The molecule has 0 aliphatic heterocycles. The van der Waals surface area contributed by atoms with Gasteiger partial charge in [-0.3, -0.25) is 4.79 Å². The molecule has 0 heterocycles. The predicted molar refractivity (Wildman–Crippen MR) is 81.9 cm³/mol. The molecule has 0 radical (unpaired) electrons. The fourth-order valence-electron chi connectivity index (χ4n) is 1.77. The smallest absolute Gasteiger partial charge is 0.326 e. The maximum Gasteiger partial charge on any atom is 0.326 e. The van der Waals surface area contributed by atoms with Gasteiger partial charge in [-0.2, -0.15) is 0 Å². The van der Waals surface area contributed by atoms with Crippen molar-refractivity contribution in [2.75, 3.05) is 0 Å². The van der Waals surface area contributed by atoms with Crippen LogP contribution in [0.25, 0.3) is 0 Å². The van der Waals surface area contributed by atoms with Crippen LogP contribution in [0.3, 0.4) is 0 Å². The Hall–Kier alpha value is -1.11. The van der Waals surface area contributed by atoms with Crippen LogP contribution in [0.2, 0.25) is 0 Å². The Balaban J connectivity index is 2.60. The molecule has 1 amide bonds. The van der Waals surface area contributed by atoms with Gasteiger partial charge in [0.1, 0.15) is 6.04 Å². The molecule has 1 unspecified atom stereocenters. The van der Waals surface area contributed by atoms with E-state index >= 15 is 0 Å². The molecule has 1 rings (SSSR count). The minimum atomic E-state index is -0.982. The molecule has 0 aliphatic rings. The van der Waals surface area contributed by atoms with Crippen LogP contribution in [0.1, 0.15) is 25.8 Å². The van der Waals surface area contributed by atoms with Crippen LogP contribution in [0, 0.1) is 9.49 Å². The van der Waals surface area contributed by atoms with Gasteiger partial charge in [-0.25, -0.2) is 4.79 Å². The summed E-state index contributed by atoms with van der Waals surface area (Å²) in [5.74, 6) is -1.01. The molecule has 19 heavy (non-hydrogen) atoms. The van der Waals surface area contributed by atoms with Gasteiger partial charge in [-0.1, -0.05) is 26.0 Å². The molecule has 0 spiro atoms. The highest BCUT2D eigenvalue weighted by molar-refractivity contribution is 14.1. The standard InChI is InChI=1S/C14H18INO3/c1-9(2)6-12(14(18)19)16-13(17)8-10-4-3-5-11(15)7-10/h3-5,7,9,12H,6,8H2,1-2H3,(H,16,17)(H,18,19). The van der Waals surface area contributed by atoms with Gasteiger partial charge in [-0.05, 0) is 52.6 Å². The van der Waals surface area contributed by atoms with Gasteiger partial charge in [0.05, 0.1) is 6.42 Å². The van der Waals surface area contributed by atoms with Crippen molar-refractivity contribution >= 4 is 34.5 Å². The van der Waals surface area contributed by atoms with Crippen LogP contribution in [-0.4, -0.2) is 23.0 Å². The zero-order valence-electron chi connectivity index (χ0n) is 11.0. The van der Waals surface area contributed by atoms with E-state index in [1.807, 2.05) is 38.1 Å². The van der Waals surface area contributed by atoms with E-state index in [4.69, 9.17) is 5.11 Å². The molecule has 5 heteroatoms. The molecule has 1 aromatic carbocycles. The SMILES string of the molecule is CC(C)CC(NC(=O)Cc1cccc(I)c1)C(=O)O. The first kappa shape index (κ1) is 15.9. The number of nitrogens with one attached hydrogen (secondary N) is 1. The van der Waals surface area contributed by atoms with Crippen molar-refractivity contribution in [2.45, 2.75) is 32.7 Å². The Morgan fingerprint density at radius 3 is 2.58 bits per heavy atom. The third-order valence-corrected chi connectivity index (χ3v) is 3.27. The zero-order valence-corrected chi connectivity index (χ0v) is 13.2. The molecule has 0 aliphatic carbocycles. The van der Waals surface area contributed by atoms with E-state index in [0.717, 1.165) is 9.13 Å². The first-order chi connectivity index (χ1) is 8.88. The number of hydrogen-bond donors (Lipinski definition) is 2. The van der Waals surface area contributed by atoms with Crippen LogP contribution in [-0.2, 0) is 16.0 Å². The van der Waals surface area contributed by atoms with Crippen molar-refractivity contribution < 1.29 is 14.7 Å². The summed E-state index contributed by atoms with van der Waals surface area (Å²) < 4.78 is 1.06. The lowest BCUT2D eigenvalue weighted by Gasteiger charge is -2.16. The largest absolute Gasteiger partial charge is 0.480 e. The molecule has 1 atom stereocenters. The van der Waals surface area contributed by atoms with Crippen molar-refractivity contribution in [1.82, 2.24) is 5.32 Å². The number of carbonyl (C=O) groups is 2. The number of carboxylic acids is 1. The number of aliphatic carboxylic acids is 1. The Morgan fingerprint density at radius 2 is 2.05 bits per heavy atom. The second-order valence-corrected chi connectivity index (χ2v) is 6.14. The Labute approximate surface area is 126 Å². The van der Waals surface area contributed by atoms with Crippen LogP contribution in [0.4, 0.5) is 0 Å². The highest BCUT2D eigenvalue weighted by Gasteiger charge is 2.20. The fourth-order valence-corrected chi connectivity index (χ4v) is 2.38. The number of hydrogen-bond acceptors (Lipinski definition) is 2. The first-order valence-electron chi connectivity index (χ1n) is 6.15. The summed E-state index contributed by atoms with van der Waals surface area (Å²) in [5, 5.41) is 11.6. The monoisotopic (exact) mass is 375 g/mol. The highest BCUT2D eigenvalue weighted by atomic mass is 127. The quantitative estimate of drug-likeness (QED) is 0.751. The van der Waals surface area contributed by atoms with E-state index in [1.165, 1.54) is 0 Å². The van der Waals surface area contributed by atoms with Crippen LogP contribution in [0.5, 0.6) is 0 Å². The molecule has 0 saturated carbocycles. The molecule has 0 saturated heterocycles. The van der Waals surface area contributed by atoms with E-state index in [-0.39, 0.29) is 18.2 Å². The summed E-state index contributed by atoms with van der Waals surface area (Å²) in [6, 6.07) is 6.79. The van der Waals surface area contributed by atoms with Gasteiger partial charge in [0.2, 0.25) is 5.91 Å². The predicted octanol–water partition coefficient (Wildman–Crippen LogP) is 2.45. The molecule has 0 fully saturated rings. The minimum Gasteiger partial charge on any atom is -0.480 e. The van der Waals surface area contributed by atoms with E-state index in [1.54, 1.807) is 0 Å². The van der Waals surface area contributed by atoms with Gasteiger partial charge in [-0.15, -0.1) is 0 Å². The average Bonchev–Trinajstić information content (AvgIpc) is 2.27. The summed E-state index contributed by atoms with van der Waals surface area (Å²) in [4.78, 5) is 22.9. The lowest BCUT2D eigenvalue weighted by Crippen LogP contribution is -2.42. The second kappa shape index (κ2) is 7.47. The molecule has 4 nitrogen and oxygen atoms in total. The van der Waals surface area contributed by atoms with Crippen molar-refractivity contribution in [3.63, 3.8) is 0 Å². The van der Waals surface area contributed by atoms with Crippen molar-refractivity contribution in [1.29, 1.82) is 0 Å². The third-order valence-electron chi connectivity index (χ3n) is 2.59. The molecule has 104 valence electrons. The van der Waals surface area contributed by atoms with Gasteiger partial charge in [0.25, 0.3) is 0 Å². The van der Waals surface area contributed by atoms with Crippen molar-refractivity contribution in [2.24, 2.45) is 5.92 Å². The number of carbonyl (C=O) groups excluding carboxylic acids is 1. The summed E-state index contributed by atoms with van der Waals surface area (Å²) in [6.07, 6.45) is 0.645. The normalized spacial score (nSPS) is 12.2. The summed E-state index contributed by atoms with van der Waals surface area (Å²) >= 11 is 2.18. The zero-order chi connectivity index (χ0) is 14.4. The van der Waals surface area contributed by atoms with Crippen LogP contribution >= 0.6 is 22.6 Å². The number of rotatable bonds is 6. The van der Waals surface area contributed by atoms with Gasteiger partial charge in [0, 0.05) is 3.57 Å². The fraction of sp³-hybridized carbons (Fsp3) is 0.429. The lowest BCUT2D eigenvalue weighted by atomic mass is 10.0. The van der Waals surface area contributed by atoms with E-state index in [0.29, 0.717) is 6.42 Å². The van der Waals surface area contributed by atoms with Gasteiger partial charge < -0.3 is 10.4 Å². The number of halogens is 1. The first-order valence-corrected chi connectivity index (χ1v) is 7.23. The Morgan fingerprint density at radius 1 is 1.37 bits per heavy atom. The van der Waals surface area contributed by atoms with Gasteiger partial charge >= 0.3 is 5.97 Å². The molecule has 0 bridgehead atoms. The van der Waals surface area contributed by atoms with E-state index in [2.05, 4.69) is 27.9 Å². The molecule has 2 N–H and O–H groups in total. The van der Waals surface area contributed by atoms with Crippen molar-refractivity contribution in [3.8, 4) is 0 Å².